The van der Waals surface area contributed by atoms with E-state index in [1.165, 1.54) is 30.3 Å². The molecular formula is C20H16BF4NNa2O4. The van der Waals surface area contributed by atoms with Gasteiger partial charge in [0, 0.05) is 12.8 Å². The Morgan fingerprint density at radius 3 is 2.16 bits per heavy atom. The number of carbonyl (C=O) groups excluding carboxylic acids is 1. The van der Waals surface area contributed by atoms with Crippen LogP contribution < -0.4 is 79.1 Å². The van der Waals surface area contributed by atoms with Gasteiger partial charge < -0.3 is 20.0 Å². The Morgan fingerprint density at radius 2 is 1.59 bits per heavy atom. The van der Waals surface area contributed by atoms with Crippen molar-refractivity contribution in [3.05, 3.63) is 59.2 Å². The van der Waals surface area contributed by atoms with Crippen LogP contribution in [0.4, 0.5) is 23.2 Å². The van der Waals surface area contributed by atoms with Crippen molar-refractivity contribution in [2.75, 3.05) is 5.32 Å². The van der Waals surface area contributed by atoms with Gasteiger partial charge in [-0.2, -0.15) is 0 Å². The molecule has 2 aromatic carbocycles. The molecule has 12 heteroatoms. The van der Waals surface area contributed by atoms with Crippen LogP contribution in [0, 0.1) is 17.6 Å². The van der Waals surface area contributed by atoms with Crippen LogP contribution in [0.2, 0.25) is 0 Å². The molecule has 5 nitrogen and oxygen atoms in total. The summed E-state index contributed by atoms with van der Waals surface area (Å²) in [6.07, 6.45) is -0.859. The van der Waals surface area contributed by atoms with Gasteiger partial charge in [-0.1, -0.05) is 18.2 Å². The first-order valence-electron chi connectivity index (χ1n) is 9.42. The average Bonchev–Trinajstić information content (AvgIpc) is 2.98. The van der Waals surface area contributed by atoms with Gasteiger partial charge in [0.05, 0.1) is 11.4 Å². The van der Waals surface area contributed by atoms with E-state index in [-0.39, 0.29) is 89.0 Å². The van der Waals surface area contributed by atoms with Gasteiger partial charge >= 0.3 is 59.1 Å². The predicted molar refractivity (Wildman–Crippen MR) is 95.5 cm³/mol. The molecule has 158 valence electrons. The van der Waals surface area contributed by atoms with Crippen LogP contribution in [0.25, 0.3) is 0 Å². The molecule has 1 atom stereocenters. The number of benzene rings is 2. The number of amides is 1. The third-order valence-corrected chi connectivity index (χ3v) is 5.99. The molecule has 1 aliphatic heterocycles. The average molecular weight is 467 g/mol. The van der Waals surface area contributed by atoms with Crippen molar-refractivity contribution >= 4 is 18.9 Å². The van der Waals surface area contributed by atoms with Crippen LogP contribution in [0.15, 0.2) is 36.4 Å². The van der Waals surface area contributed by atoms with E-state index in [1.807, 2.05) is 0 Å². The maximum atomic E-state index is 14.4. The normalized spacial score (nSPS) is 21.6. The topological polar surface area (TPSA) is 84.5 Å². The Hall–Kier alpha value is -0.585. The fraction of sp³-hybridized carbons (Fsp3) is 0.350. The maximum Gasteiger partial charge on any atom is 1.00 e. The first-order chi connectivity index (χ1) is 14.1. The summed E-state index contributed by atoms with van der Waals surface area (Å²) in [7, 11) is -2.54. The third kappa shape index (κ3) is 4.79. The van der Waals surface area contributed by atoms with E-state index in [9.17, 15) is 32.4 Å². The van der Waals surface area contributed by atoms with Gasteiger partial charge in [-0.3, -0.25) is 4.79 Å². The molecular weight excluding hydrogens is 451 g/mol. The molecule has 4 rings (SSSR count). The Kier molecular flexibility index (Phi) is 8.95. The quantitative estimate of drug-likeness (QED) is 0.369. The van der Waals surface area contributed by atoms with Gasteiger partial charge in [-0.05, 0) is 48.1 Å². The van der Waals surface area contributed by atoms with Gasteiger partial charge in [-0.15, -0.1) is 0 Å². The summed E-state index contributed by atoms with van der Waals surface area (Å²) >= 11 is 0. The van der Waals surface area contributed by atoms with Crippen LogP contribution in [-0.2, 0) is 10.2 Å². The second-order valence-electron chi connectivity index (χ2n) is 7.61. The number of nitrogens with one attached hydrogen (secondary N) is 1. The van der Waals surface area contributed by atoms with E-state index in [4.69, 9.17) is 0 Å². The summed E-state index contributed by atoms with van der Waals surface area (Å²) in [6.45, 7) is 0. The van der Waals surface area contributed by atoms with E-state index in [0.717, 1.165) is 6.07 Å². The number of hydrogen-bond acceptors (Lipinski definition) is 4. The van der Waals surface area contributed by atoms with Gasteiger partial charge in [-0.25, -0.2) is 17.6 Å². The molecule has 1 heterocycles. The minimum absolute atomic E-state index is 0. The smallest absolute Gasteiger partial charge is 0.860 e. The van der Waals surface area contributed by atoms with Crippen molar-refractivity contribution in [2.24, 2.45) is 5.92 Å². The van der Waals surface area contributed by atoms with Crippen LogP contribution in [-0.4, -0.2) is 19.2 Å². The Balaban J connectivity index is 0.00000181. The van der Waals surface area contributed by atoms with Crippen molar-refractivity contribution in [1.82, 2.24) is 0 Å². The van der Waals surface area contributed by atoms with Gasteiger partial charge in [0.25, 0.3) is 0 Å². The Bertz CT molecular complexity index is 986. The minimum Gasteiger partial charge on any atom is -0.860 e. The van der Waals surface area contributed by atoms with E-state index in [0.29, 0.717) is 5.56 Å². The second kappa shape index (κ2) is 10.4. The zero-order chi connectivity index (χ0) is 21.7. The van der Waals surface area contributed by atoms with Crippen molar-refractivity contribution in [2.45, 2.75) is 37.0 Å². The molecule has 1 aliphatic carbocycles. The van der Waals surface area contributed by atoms with Crippen LogP contribution in [0.1, 0.15) is 36.8 Å². The molecule has 1 amide bonds. The second-order valence-corrected chi connectivity index (χ2v) is 7.61. The molecule has 32 heavy (non-hydrogen) atoms. The molecule has 1 N–H and O–H groups in total. The van der Waals surface area contributed by atoms with E-state index in [1.54, 1.807) is 0 Å². The minimum atomic E-state index is -2.85. The van der Waals surface area contributed by atoms with Crippen molar-refractivity contribution in [3.8, 4) is 5.75 Å². The van der Waals surface area contributed by atoms with Crippen molar-refractivity contribution in [3.63, 3.8) is 0 Å². The third-order valence-electron chi connectivity index (χ3n) is 5.99. The molecule has 2 aromatic rings. The number of halogens is 4. The zero-order valence-electron chi connectivity index (χ0n) is 17.6. The number of carbonyl (C=O) groups is 1. The SMILES string of the molecule is O=C1Nc2c(ccc(F)c2F)[C@@]1(c1ccc(OB([O-])[O-])cc1)C1CCC(F)(F)CC1.[Na+].[Na+]. The van der Waals surface area contributed by atoms with E-state index < -0.39 is 55.0 Å². The molecule has 0 spiro atoms. The first kappa shape index (κ1) is 27.7. The summed E-state index contributed by atoms with van der Waals surface area (Å²) < 4.78 is 60.3. The van der Waals surface area contributed by atoms with E-state index >= 15 is 0 Å². The summed E-state index contributed by atoms with van der Waals surface area (Å²) in [5.74, 6) is -6.47. The summed E-state index contributed by atoms with van der Waals surface area (Å²) in [4.78, 5) is 13.2. The summed E-state index contributed by atoms with van der Waals surface area (Å²) in [5, 5.41) is 23.8. The van der Waals surface area contributed by atoms with Crippen LogP contribution in [0.5, 0.6) is 5.75 Å². The first-order valence-corrected chi connectivity index (χ1v) is 9.42. The monoisotopic (exact) mass is 467 g/mol. The molecule has 0 saturated heterocycles. The number of alkyl halides is 2. The van der Waals surface area contributed by atoms with Crippen molar-refractivity contribution in [1.29, 1.82) is 0 Å². The Morgan fingerprint density at radius 1 is 1.00 bits per heavy atom. The van der Waals surface area contributed by atoms with Crippen molar-refractivity contribution < 1.29 is 96.2 Å². The molecule has 0 aromatic heterocycles. The molecule has 1 fully saturated rings. The molecule has 0 radical (unpaired) electrons. The zero-order valence-corrected chi connectivity index (χ0v) is 21.6. The summed E-state index contributed by atoms with van der Waals surface area (Å²) in [6, 6.07) is 7.66. The van der Waals surface area contributed by atoms with Crippen LogP contribution in [0.3, 0.4) is 0 Å². The molecule has 0 bridgehead atoms. The Labute approximate surface area is 226 Å². The number of hydrogen-bond donors (Lipinski definition) is 1. The standard InChI is InChI=1S/C20H16BF4NO4.2Na/c22-15-6-5-14-17(16(15)23)26-18(27)20(14,12-7-9-19(24,25)10-8-12)11-1-3-13(4-2-11)30-21(28)29;;/h1-6,12H,7-10H2,(H,26,27);;/q-2;2*+1/t20-;;/m1../s1. The van der Waals surface area contributed by atoms with Gasteiger partial charge in [0.15, 0.2) is 11.6 Å². The molecule has 0 unspecified atom stereocenters. The molecule has 1 saturated carbocycles. The fourth-order valence-electron chi connectivity index (χ4n) is 4.64. The predicted octanol–water partition coefficient (Wildman–Crippen LogP) is -3.88. The van der Waals surface area contributed by atoms with Crippen LogP contribution >= 0.6 is 0 Å². The van der Waals surface area contributed by atoms with Gasteiger partial charge in [0.2, 0.25) is 11.8 Å². The number of fused-ring (bicyclic) bond motifs is 1. The maximum absolute atomic E-state index is 14.4. The largest absolute Gasteiger partial charge is 1.00 e. The van der Waals surface area contributed by atoms with E-state index in [2.05, 4.69) is 9.97 Å². The number of anilines is 1. The fourth-order valence-corrected chi connectivity index (χ4v) is 4.64. The van der Waals surface area contributed by atoms with Gasteiger partial charge in [0.1, 0.15) is 12.7 Å². The number of rotatable bonds is 4. The molecule has 2 aliphatic rings. The summed E-state index contributed by atoms with van der Waals surface area (Å²) in [5.41, 5.74) is -1.31.